The summed E-state index contributed by atoms with van der Waals surface area (Å²) in [5, 5.41) is 63.3. The Hall–Kier alpha value is -4.37. The zero-order chi connectivity index (χ0) is 29.6. The van der Waals surface area contributed by atoms with Gasteiger partial charge in [0.15, 0.2) is 12.3 Å². The first-order valence-electron chi connectivity index (χ1n) is 13.2. The molecule has 0 saturated carbocycles. The molecule has 1 saturated heterocycles. The molecule has 216 valence electrons. The minimum Gasteiger partial charge on any atom is -0.480 e. The van der Waals surface area contributed by atoms with Crippen LogP contribution in [0.2, 0.25) is 0 Å². The molecule has 2 amide bonds. The smallest absolute Gasteiger partial charge is 0.329 e. The van der Waals surface area contributed by atoms with Gasteiger partial charge < -0.3 is 44.9 Å². The van der Waals surface area contributed by atoms with Crippen LogP contribution in [0.25, 0.3) is 43.6 Å². The number of carbonyl (C=O) groups is 3. The number of carbonyl (C=O) groups excluding carboxylic acids is 2. The highest BCUT2D eigenvalue weighted by atomic mass is 16.6. The predicted molar refractivity (Wildman–Crippen MR) is 147 cm³/mol. The van der Waals surface area contributed by atoms with E-state index in [0.29, 0.717) is 43.1 Å². The molecule has 6 atom stereocenters. The number of aromatic amines is 1. The lowest BCUT2D eigenvalue weighted by molar-refractivity contribution is -0.249. The maximum absolute atomic E-state index is 14.0. The van der Waals surface area contributed by atoms with Gasteiger partial charge >= 0.3 is 5.97 Å². The highest BCUT2D eigenvalue weighted by Gasteiger charge is 2.49. The van der Waals surface area contributed by atoms with E-state index in [1.54, 1.807) is 53.1 Å². The van der Waals surface area contributed by atoms with Crippen molar-refractivity contribution < 1.29 is 49.8 Å². The Morgan fingerprint density at radius 2 is 1.52 bits per heavy atom. The third-order valence-corrected chi connectivity index (χ3v) is 8.36. The second-order valence-corrected chi connectivity index (χ2v) is 10.5. The number of imide groups is 1. The van der Waals surface area contributed by atoms with E-state index in [1.165, 1.54) is 0 Å². The zero-order valence-electron chi connectivity index (χ0n) is 21.7. The largest absolute Gasteiger partial charge is 0.480 e. The second-order valence-electron chi connectivity index (χ2n) is 10.5. The molecule has 0 aliphatic carbocycles. The van der Waals surface area contributed by atoms with Crippen molar-refractivity contribution >= 4 is 61.4 Å². The number of hydrogen-bond acceptors (Lipinski definition) is 9. The van der Waals surface area contributed by atoms with Crippen LogP contribution in [0.15, 0.2) is 48.5 Å². The summed E-state index contributed by atoms with van der Waals surface area (Å²) in [6, 6.07) is 12.0. The minimum atomic E-state index is -1.83. The Balaban J connectivity index is 1.66. The normalized spacial score (nSPS) is 25.3. The second kappa shape index (κ2) is 9.32. The molecule has 0 radical (unpaired) electrons. The molecule has 3 aromatic carbocycles. The minimum absolute atomic E-state index is 0.0312. The fraction of sp³-hybridized carbons (Fsp3) is 0.276. The SMILES string of the molecule is O=C(O)[C@H](CO)N1C(=O)c2c(c3c4ccccc4n([C@@H]4O[C@H](CO)[C@@H](O)[C@H](O)[C@H]4O)c3c3[nH]c4ccccc4c23)C1=O. The fourth-order valence-corrected chi connectivity index (χ4v) is 6.47. The van der Waals surface area contributed by atoms with Crippen molar-refractivity contribution in [1.29, 1.82) is 0 Å². The van der Waals surface area contributed by atoms with E-state index in [1.807, 2.05) is 0 Å². The number of ether oxygens (including phenoxy) is 1. The quantitative estimate of drug-likeness (QED) is 0.144. The highest BCUT2D eigenvalue weighted by Crippen LogP contribution is 2.47. The molecule has 0 unspecified atom stereocenters. The Bertz CT molecular complexity index is 1960. The lowest BCUT2D eigenvalue weighted by Crippen LogP contribution is -2.56. The van der Waals surface area contributed by atoms with E-state index < -0.39 is 67.7 Å². The first kappa shape index (κ1) is 26.5. The van der Waals surface area contributed by atoms with Crippen LogP contribution in [0.5, 0.6) is 0 Å². The van der Waals surface area contributed by atoms with Crippen molar-refractivity contribution in [1.82, 2.24) is 14.5 Å². The molecule has 7 N–H and O–H groups in total. The Kier molecular flexibility index (Phi) is 5.89. The summed E-state index contributed by atoms with van der Waals surface area (Å²) in [7, 11) is 0. The lowest BCUT2D eigenvalue weighted by atomic mass is 9.96. The summed E-state index contributed by atoms with van der Waals surface area (Å²) in [5.74, 6) is -3.34. The number of rotatable bonds is 5. The summed E-state index contributed by atoms with van der Waals surface area (Å²) in [4.78, 5) is 43.8. The molecule has 1 fully saturated rings. The van der Waals surface area contributed by atoms with Gasteiger partial charge in [-0.2, -0.15) is 0 Å². The molecule has 2 aromatic heterocycles. The van der Waals surface area contributed by atoms with Gasteiger partial charge in [-0.3, -0.25) is 14.5 Å². The number of benzene rings is 3. The van der Waals surface area contributed by atoms with Gasteiger partial charge in [0.25, 0.3) is 11.8 Å². The Morgan fingerprint density at radius 3 is 2.19 bits per heavy atom. The number of amides is 2. The van der Waals surface area contributed by atoms with Crippen molar-refractivity contribution in [2.75, 3.05) is 13.2 Å². The van der Waals surface area contributed by atoms with Gasteiger partial charge in [-0.25, -0.2) is 4.79 Å². The van der Waals surface area contributed by atoms with Gasteiger partial charge in [0.1, 0.15) is 24.4 Å². The summed E-state index contributed by atoms with van der Waals surface area (Å²) in [5.41, 5.74) is 1.61. The Morgan fingerprint density at radius 1 is 0.881 bits per heavy atom. The molecule has 7 rings (SSSR count). The van der Waals surface area contributed by atoms with Gasteiger partial charge in [-0.15, -0.1) is 0 Å². The summed E-state index contributed by atoms with van der Waals surface area (Å²) >= 11 is 0. The van der Waals surface area contributed by atoms with Crippen LogP contribution in [0.1, 0.15) is 26.9 Å². The monoisotopic (exact) mass is 575 g/mol. The summed E-state index contributed by atoms with van der Waals surface area (Å²) in [6.07, 6.45) is -7.55. The number of aliphatic hydroxyl groups excluding tert-OH is 5. The van der Waals surface area contributed by atoms with E-state index in [4.69, 9.17) is 4.74 Å². The highest BCUT2D eigenvalue weighted by molar-refractivity contribution is 6.39. The van der Waals surface area contributed by atoms with Gasteiger partial charge in [0.2, 0.25) is 0 Å². The van der Waals surface area contributed by atoms with E-state index in [2.05, 4.69) is 4.98 Å². The maximum Gasteiger partial charge on any atom is 0.329 e. The molecule has 42 heavy (non-hydrogen) atoms. The number of fused-ring (bicyclic) bond motifs is 10. The molecule has 13 nitrogen and oxygen atoms in total. The molecular weight excluding hydrogens is 550 g/mol. The molecule has 0 spiro atoms. The van der Waals surface area contributed by atoms with Crippen molar-refractivity contribution in [3.63, 3.8) is 0 Å². The predicted octanol–water partition coefficient (Wildman–Crippen LogP) is 0.443. The molecule has 2 aliphatic rings. The number of nitrogens with zero attached hydrogens (tertiary/aromatic N) is 2. The number of carboxylic acids is 1. The van der Waals surface area contributed by atoms with Gasteiger partial charge in [-0.05, 0) is 12.1 Å². The van der Waals surface area contributed by atoms with Gasteiger partial charge in [-0.1, -0.05) is 36.4 Å². The van der Waals surface area contributed by atoms with E-state index >= 15 is 0 Å². The first-order valence-corrected chi connectivity index (χ1v) is 13.2. The third kappa shape index (κ3) is 3.31. The number of para-hydroxylation sites is 2. The van der Waals surface area contributed by atoms with Crippen LogP contribution in [-0.2, 0) is 9.53 Å². The topological polar surface area (TPSA) is 206 Å². The van der Waals surface area contributed by atoms with Crippen LogP contribution in [0, 0.1) is 0 Å². The van der Waals surface area contributed by atoms with Crippen LogP contribution >= 0.6 is 0 Å². The van der Waals surface area contributed by atoms with Crippen molar-refractivity contribution in [3.8, 4) is 0 Å². The molecule has 13 heteroatoms. The number of hydrogen-bond donors (Lipinski definition) is 7. The van der Waals surface area contributed by atoms with Crippen LogP contribution in [-0.4, -0.2) is 107 Å². The van der Waals surface area contributed by atoms with E-state index in [-0.39, 0.29) is 16.5 Å². The first-order chi connectivity index (χ1) is 20.2. The zero-order valence-corrected chi connectivity index (χ0v) is 21.7. The number of H-pyrrole nitrogens is 1. The Labute approximate surface area is 235 Å². The average molecular weight is 576 g/mol. The lowest BCUT2D eigenvalue weighted by Gasteiger charge is -2.41. The number of aromatic nitrogens is 2. The molecular formula is C29H25N3O10. The van der Waals surface area contributed by atoms with Gasteiger partial charge in [0.05, 0.1) is 40.9 Å². The van der Waals surface area contributed by atoms with Gasteiger partial charge in [0, 0.05) is 27.1 Å². The van der Waals surface area contributed by atoms with Crippen LogP contribution in [0.4, 0.5) is 0 Å². The number of nitrogens with one attached hydrogen (secondary N) is 1. The van der Waals surface area contributed by atoms with Crippen LogP contribution in [0.3, 0.4) is 0 Å². The van der Waals surface area contributed by atoms with Crippen molar-refractivity contribution in [2.45, 2.75) is 36.7 Å². The fourth-order valence-electron chi connectivity index (χ4n) is 6.47. The van der Waals surface area contributed by atoms with E-state index in [9.17, 15) is 45.0 Å². The van der Waals surface area contributed by atoms with E-state index in [0.717, 1.165) is 0 Å². The molecule has 5 aromatic rings. The molecule has 4 heterocycles. The number of aliphatic carboxylic acids is 1. The standard InChI is InChI=1S/C29H25N3O10/c33-9-15(29(40)41)32-26(38)19-17-11-5-1-3-7-13(11)30-21(17)22-18(20(19)27(32)39)12-6-2-4-8-14(12)31(22)28-25(37)24(36)23(35)16(10-34)42-28/h1-8,15-16,23-25,28,30,33-37H,9-10H2,(H,40,41)/t15-,16+,23+,24-,25+,28+/m0/s1. The third-order valence-electron chi connectivity index (χ3n) is 8.36. The number of aliphatic hydroxyl groups is 5. The van der Waals surface area contributed by atoms with Crippen LogP contribution < -0.4 is 0 Å². The average Bonchev–Trinajstić information content (AvgIpc) is 3.61. The maximum atomic E-state index is 14.0. The van der Waals surface area contributed by atoms with Crippen molar-refractivity contribution in [3.05, 3.63) is 59.7 Å². The van der Waals surface area contributed by atoms with Crippen molar-refractivity contribution in [2.24, 2.45) is 0 Å². The summed E-state index contributed by atoms with van der Waals surface area (Å²) < 4.78 is 7.50. The summed E-state index contributed by atoms with van der Waals surface area (Å²) in [6.45, 7) is -1.65. The molecule has 0 bridgehead atoms. The number of carboxylic acid groups (broad SMARTS) is 1. The molecule has 2 aliphatic heterocycles.